The summed E-state index contributed by atoms with van der Waals surface area (Å²) in [6.07, 6.45) is -1.11. The van der Waals surface area contributed by atoms with Crippen molar-refractivity contribution in [3.05, 3.63) is 262 Å². The number of nitrogens with zero attached hydrogens (tertiary/aromatic N) is 4. The van der Waals surface area contributed by atoms with Crippen LogP contribution in [-0.4, -0.2) is 161 Å². The number of ketones is 2. The molecule has 108 heavy (non-hydrogen) atoms. The van der Waals surface area contributed by atoms with Gasteiger partial charge in [0.2, 0.25) is 0 Å². The minimum absolute atomic E-state index is 0.0294. The highest BCUT2D eigenvalue weighted by Gasteiger charge is 2.53. The molecule has 10 nitrogen and oxygen atoms in total. The number of hydrogen-bond acceptors (Lipinski definition) is 8. The van der Waals surface area contributed by atoms with Gasteiger partial charge in [0.05, 0.1) is 38.6 Å². The molecule has 2 aromatic heterocycles. The number of fused-ring (bicyclic) bond motifs is 6. The summed E-state index contributed by atoms with van der Waals surface area (Å²) in [4.78, 5) is 41.2. The zero-order chi connectivity index (χ0) is 76.4. The van der Waals surface area contributed by atoms with E-state index in [1.807, 2.05) is 155 Å². The van der Waals surface area contributed by atoms with Crippen LogP contribution < -0.4 is 20.7 Å². The van der Waals surface area contributed by atoms with Gasteiger partial charge in [0, 0.05) is 132 Å². The topological polar surface area (TPSA) is 97.1 Å². The fourth-order valence-corrected chi connectivity index (χ4v) is 26.7. The number of likely N-dealkylation sites (tertiary alicyclic amines) is 2. The normalized spacial score (nSPS) is 19.1. The molecule has 0 bridgehead atoms. The van der Waals surface area contributed by atoms with Crippen molar-refractivity contribution in [1.29, 1.82) is 0 Å². The third-order valence-corrected chi connectivity index (χ3v) is 32.8. The molecule has 0 spiro atoms. The number of rotatable bonds is 26. The molecule has 20 heteroatoms. The van der Waals surface area contributed by atoms with E-state index < -0.39 is 89.5 Å². The van der Waals surface area contributed by atoms with Crippen molar-refractivity contribution in [2.75, 3.05) is 78.9 Å². The lowest BCUT2D eigenvalue weighted by molar-refractivity contribution is 0.0607. The van der Waals surface area contributed by atoms with Crippen LogP contribution in [0.25, 0.3) is 21.8 Å². The van der Waals surface area contributed by atoms with Crippen LogP contribution in [-0.2, 0) is 21.7 Å². The third kappa shape index (κ3) is 15.4. The summed E-state index contributed by atoms with van der Waals surface area (Å²) in [6.45, 7) is 18.1. The highest BCUT2D eigenvalue weighted by molar-refractivity contribution is 7.00. The van der Waals surface area contributed by atoms with Gasteiger partial charge in [-0.1, -0.05) is 199 Å². The van der Waals surface area contributed by atoms with E-state index in [4.69, 9.17) is 8.85 Å². The van der Waals surface area contributed by atoms with E-state index >= 15 is 26.3 Å². The number of carbonyl (C=O) groups is 2. The van der Waals surface area contributed by atoms with Crippen LogP contribution in [0.5, 0.6) is 0 Å². The van der Waals surface area contributed by atoms with Crippen molar-refractivity contribution in [2.45, 2.75) is 128 Å². The van der Waals surface area contributed by atoms with E-state index in [9.17, 15) is 18.4 Å². The molecule has 8 aromatic carbocycles. The molecule has 6 heterocycles. The largest absolute Gasteiger partial charge is 0.404 e. The van der Waals surface area contributed by atoms with Crippen molar-refractivity contribution < 1.29 is 53.6 Å². The molecule has 2 saturated heterocycles. The van der Waals surface area contributed by atoms with Gasteiger partial charge >= 0.3 is 0 Å². The quantitative estimate of drug-likeness (QED) is 0.0314. The minimum atomic E-state index is -3.05. The smallest absolute Gasteiger partial charge is 0.261 e. The number of alkyl halides is 4. The standard InChI is InChI=1S/2C44H49F4N3O2Si/c2*1-29-22-36-35-18-11-12-19-39(35)49-41(36)42(40-37(47)23-30(24-38(40)48)43(52)31-25-50(26-31)21-13-20-45)51(29)27-32(46)28-53-54(44(2,3)4,33-14-7-5-8-15-33)34-16-9-6-10-17-34/h2*5-12,14-19,23-24,29,31-32,42,49H,13,20-22,25-28H2,1-4H3/t29-,32+,42-;29-,32-,42-/m11/s1. The minimum Gasteiger partial charge on any atom is -0.404 e. The SMILES string of the molecule is C[C@@H]1Cc2c([nH]c3ccccc23)[C@@H](c2c(F)cc(C(=O)C3CN(CCCF)C3)cc2F)N1C[C@@H](F)CO[Si](c1ccccc1)(c1ccccc1)C(C)(C)C.C[C@@H]1Cc2c([nH]c3ccccc23)[C@@H](c2c(F)cc(C(=O)C3CN(CCCF)C3)cc2F)N1C[C@H](F)CO[Si](c1ccccc1)(c1ccccc1)C(C)(C)C. The van der Waals surface area contributed by atoms with Gasteiger partial charge in [0.15, 0.2) is 11.6 Å². The molecule has 0 radical (unpaired) electrons. The van der Waals surface area contributed by atoms with Crippen molar-refractivity contribution >= 4 is 70.8 Å². The van der Waals surface area contributed by atoms with Crippen molar-refractivity contribution in [3.63, 3.8) is 0 Å². The van der Waals surface area contributed by atoms with Gasteiger partial charge in [0.25, 0.3) is 16.6 Å². The number of Topliss-reactive ketones (excluding diaryl/α,β-unsaturated/α-hetero) is 2. The fourth-order valence-electron chi connectivity index (χ4n) is 17.6. The van der Waals surface area contributed by atoms with Gasteiger partial charge in [-0.05, 0) is 118 Å². The molecule has 2 fully saturated rings. The first-order valence-electron chi connectivity index (χ1n) is 38.0. The van der Waals surface area contributed by atoms with Gasteiger partial charge in [0.1, 0.15) is 35.6 Å². The summed E-state index contributed by atoms with van der Waals surface area (Å²) in [5.41, 5.74) is 4.30. The Hall–Kier alpha value is -8.19. The molecule has 0 aliphatic carbocycles. The van der Waals surface area contributed by atoms with Gasteiger partial charge in [-0.2, -0.15) is 0 Å². The predicted molar refractivity (Wildman–Crippen MR) is 419 cm³/mol. The van der Waals surface area contributed by atoms with Crippen molar-refractivity contribution in [1.82, 2.24) is 29.6 Å². The van der Waals surface area contributed by atoms with Gasteiger partial charge in [-0.3, -0.25) is 28.2 Å². The lowest BCUT2D eigenvalue weighted by Gasteiger charge is -2.44. The van der Waals surface area contributed by atoms with Crippen LogP contribution in [0.4, 0.5) is 35.1 Å². The van der Waals surface area contributed by atoms with E-state index in [0.717, 1.165) is 77.9 Å². The summed E-state index contributed by atoms with van der Waals surface area (Å²) >= 11 is 0. The highest BCUT2D eigenvalue weighted by Crippen LogP contribution is 2.47. The number of nitrogens with one attached hydrogen (secondary N) is 2. The third-order valence-electron chi connectivity index (χ3n) is 22.8. The Labute approximate surface area is 631 Å². The molecule has 14 rings (SSSR count). The maximum atomic E-state index is 16.8. The Morgan fingerprint density at radius 2 is 0.759 bits per heavy atom. The first kappa shape index (κ1) is 78.0. The zero-order valence-corrected chi connectivity index (χ0v) is 64.9. The molecule has 0 unspecified atom stereocenters. The molecular formula is C88H98F8N6O4Si2. The van der Waals surface area contributed by atoms with Crippen LogP contribution in [0.1, 0.15) is 135 Å². The first-order chi connectivity index (χ1) is 51.8. The maximum Gasteiger partial charge on any atom is 0.261 e. The molecule has 6 atom stereocenters. The van der Waals surface area contributed by atoms with Crippen LogP contribution in [0, 0.1) is 35.1 Å². The number of hydrogen-bond donors (Lipinski definition) is 2. The van der Waals surface area contributed by atoms with Gasteiger partial charge in [-0.15, -0.1) is 0 Å². The average molecular weight is 1510 g/mol. The second-order valence-electron chi connectivity index (χ2n) is 32.0. The van der Waals surface area contributed by atoms with Crippen molar-refractivity contribution in [3.8, 4) is 0 Å². The number of aromatic amines is 2. The van der Waals surface area contributed by atoms with Crippen LogP contribution in [0.3, 0.4) is 0 Å². The Morgan fingerprint density at radius 3 is 1.06 bits per heavy atom. The predicted octanol–water partition coefficient (Wildman–Crippen LogP) is 16.3. The van der Waals surface area contributed by atoms with Crippen LogP contribution in [0.2, 0.25) is 10.1 Å². The number of H-pyrrole nitrogens is 2. The zero-order valence-electron chi connectivity index (χ0n) is 62.9. The van der Waals surface area contributed by atoms with E-state index in [-0.39, 0.29) is 82.3 Å². The molecule has 4 aliphatic rings. The van der Waals surface area contributed by atoms with Crippen LogP contribution >= 0.6 is 0 Å². The molecule has 0 amide bonds. The number of para-hydroxylation sites is 2. The fraction of sp³-hybridized carbons (Fsp3) is 0.386. The molecule has 10 aromatic rings. The molecule has 2 N–H and O–H groups in total. The Morgan fingerprint density at radius 1 is 0.463 bits per heavy atom. The highest BCUT2D eigenvalue weighted by atomic mass is 28.4. The van der Waals surface area contributed by atoms with Crippen molar-refractivity contribution in [2.24, 2.45) is 11.8 Å². The number of benzene rings is 8. The summed E-state index contributed by atoms with van der Waals surface area (Å²) in [6, 6.07) is 57.7. The lowest BCUT2D eigenvalue weighted by Crippen LogP contribution is -2.67. The Bertz CT molecular complexity index is 4330. The van der Waals surface area contributed by atoms with E-state index in [2.05, 4.69) is 100 Å². The second kappa shape index (κ2) is 32.8. The number of halogens is 8. The average Bonchev–Trinajstić information content (AvgIpc) is 1.71. The van der Waals surface area contributed by atoms with Crippen LogP contribution in [0.15, 0.2) is 194 Å². The summed E-state index contributed by atoms with van der Waals surface area (Å²) < 4.78 is 139. The van der Waals surface area contributed by atoms with E-state index in [0.29, 0.717) is 76.3 Å². The molecule has 4 aliphatic heterocycles. The Kier molecular flexibility index (Phi) is 23.7. The monoisotopic (exact) mass is 1510 g/mol. The van der Waals surface area contributed by atoms with E-state index in [1.54, 1.807) is 0 Å². The van der Waals surface area contributed by atoms with Gasteiger partial charge < -0.3 is 28.6 Å². The summed E-state index contributed by atoms with van der Waals surface area (Å²) in [7, 11) is -6.09. The van der Waals surface area contributed by atoms with Gasteiger partial charge in [-0.25, -0.2) is 26.3 Å². The second-order valence-corrected chi connectivity index (χ2v) is 40.6. The summed E-state index contributed by atoms with van der Waals surface area (Å²) in [5.74, 6) is -4.86. The lowest BCUT2D eigenvalue weighted by atomic mass is 9.86. The number of carbonyl (C=O) groups excluding carboxylic acids is 2. The van der Waals surface area contributed by atoms with E-state index in [1.165, 1.54) is 0 Å². The Balaban J connectivity index is 0.000000190. The molecule has 568 valence electrons. The summed E-state index contributed by atoms with van der Waals surface area (Å²) in [5, 5.41) is 5.37. The maximum absolute atomic E-state index is 16.8. The number of aromatic nitrogens is 2. The molecule has 0 saturated carbocycles. The molecular weight excluding hydrogens is 1410 g/mol. The first-order valence-corrected chi connectivity index (χ1v) is 41.8.